The average molecular weight is 397 g/mol. The second-order valence-corrected chi connectivity index (χ2v) is 7.60. The monoisotopic (exact) mass is 396 g/mol. The van der Waals surface area contributed by atoms with Crippen molar-refractivity contribution in [3.63, 3.8) is 0 Å². The van der Waals surface area contributed by atoms with Crippen LogP contribution in [0.5, 0.6) is 0 Å². The molecule has 0 bridgehead atoms. The van der Waals surface area contributed by atoms with Crippen molar-refractivity contribution in [2.24, 2.45) is 0 Å². The van der Waals surface area contributed by atoms with E-state index < -0.39 is 0 Å². The lowest BCUT2D eigenvalue weighted by atomic mass is 10.2. The minimum Gasteiger partial charge on any atom is -0.352 e. The van der Waals surface area contributed by atoms with Crippen LogP contribution in [0.2, 0.25) is 0 Å². The second kappa shape index (κ2) is 8.60. The van der Waals surface area contributed by atoms with Gasteiger partial charge in [-0.15, -0.1) is 10.2 Å². The largest absolute Gasteiger partial charge is 0.352 e. The van der Waals surface area contributed by atoms with Gasteiger partial charge in [0.15, 0.2) is 5.16 Å². The number of hydrogen-bond donors (Lipinski definition) is 1. The van der Waals surface area contributed by atoms with Crippen molar-refractivity contribution in [3.8, 4) is 5.69 Å². The summed E-state index contributed by atoms with van der Waals surface area (Å²) in [5.74, 6) is 1.98. The van der Waals surface area contributed by atoms with E-state index in [0.717, 1.165) is 35.5 Å². The first kappa shape index (κ1) is 18.7. The first-order chi connectivity index (χ1) is 13.8. The highest BCUT2D eigenvalue weighted by Crippen LogP contribution is 2.18. The number of rotatable bonds is 6. The Bertz CT molecular complexity index is 946. The highest BCUT2D eigenvalue weighted by molar-refractivity contribution is 7.98. The number of aromatic nitrogens is 5. The number of carbonyl (C=O) groups is 1. The predicted molar refractivity (Wildman–Crippen MR) is 109 cm³/mol. The van der Waals surface area contributed by atoms with Crippen molar-refractivity contribution in [1.82, 2.24) is 29.6 Å². The van der Waals surface area contributed by atoms with Crippen LogP contribution < -0.4 is 5.32 Å². The molecular formula is C20H24N6OS. The van der Waals surface area contributed by atoms with Gasteiger partial charge in [0.1, 0.15) is 11.6 Å². The van der Waals surface area contributed by atoms with Crippen molar-refractivity contribution in [2.75, 3.05) is 12.8 Å². The molecule has 7 nitrogen and oxygen atoms in total. The first-order valence-corrected chi connectivity index (χ1v) is 10.9. The molecule has 3 heterocycles. The van der Waals surface area contributed by atoms with Crippen LogP contribution >= 0.6 is 11.8 Å². The zero-order valence-corrected chi connectivity index (χ0v) is 16.8. The summed E-state index contributed by atoms with van der Waals surface area (Å²) in [6.07, 6.45) is 11.0. The number of amides is 1. The minimum absolute atomic E-state index is 0.0714. The molecule has 1 amide bonds. The fourth-order valence-corrected chi connectivity index (χ4v) is 4.06. The van der Waals surface area contributed by atoms with Crippen LogP contribution in [0.25, 0.3) is 5.69 Å². The van der Waals surface area contributed by atoms with Gasteiger partial charge in [0.05, 0.1) is 0 Å². The lowest BCUT2D eigenvalue weighted by molar-refractivity contribution is 0.0954. The van der Waals surface area contributed by atoms with Gasteiger partial charge < -0.3 is 9.88 Å². The third kappa shape index (κ3) is 3.96. The van der Waals surface area contributed by atoms with Crippen LogP contribution in [0.3, 0.4) is 0 Å². The van der Waals surface area contributed by atoms with Gasteiger partial charge in [0.25, 0.3) is 5.91 Å². The van der Waals surface area contributed by atoms with Crippen LogP contribution in [0, 0.1) is 0 Å². The molecule has 1 aliphatic rings. The van der Waals surface area contributed by atoms with Gasteiger partial charge >= 0.3 is 0 Å². The van der Waals surface area contributed by atoms with E-state index in [-0.39, 0.29) is 5.91 Å². The first-order valence-electron chi connectivity index (χ1n) is 9.63. The molecule has 0 saturated heterocycles. The Morgan fingerprint density at radius 3 is 2.86 bits per heavy atom. The van der Waals surface area contributed by atoms with Crippen LogP contribution in [0.4, 0.5) is 0 Å². The van der Waals surface area contributed by atoms with E-state index >= 15 is 0 Å². The molecule has 2 aromatic heterocycles. The van der Waals surface area contributed by atoms with Gasteiger partial charge in [-0.05, 0) is 43.4 Å². The molecule has 0 saturated carbocycles. The van der Waals surface area contributed by atoms with Crippen molar-refractivity contribution in [1.29, 1.82) is 0 Å². The van der Waals surface area contributed by atoms with E-state index in [9.17, 15) is 4.79 Å². The molecular weight excluding hydrogens is 372 g/mol. The standard InChI is InChI=1S/C20H24N6OS/c1-28-20-22-12-14-25(20)16-8-6-15(7-9-16)19(27)21-11-10-18-24-23-17-5-3-2-4-13-26(17)18/h6-9,12,14H,2-5,10-11,13H2,1H3,(H,21,27). The Morgan fingerprint density at radius 2 is 2.04 bits per heavy atom. The van der Waals surface area contributed by atoms with E-state index in [4.69, 9.17) is 0 Å². The molecule has 0 fully saturated rings. The third-order valence-electron chi connectivity index (χ3n) is 5.02. The topological polar surface area (TPSA) is 77.6 Å². The Morgan fingerprint density at radius 1 is 1.18 bits per heavy atom. The second-order valence-electron chi connectivity index (χ2n) is 6.83. The molecule has 0 spiro atoms. The van der Waals surface area contributed by atoms with E-state index in [2.05, 4.69) is 25.1 Å². The Labute approximate surface area is 168 Å². The fourth-order valence-electron chi connectivity index (χ4n) is 3.53. The number of hydrogen-bond acceptors (Lipinski definition) is 5. The highest BCUT2D eigenvalue weighted by Gasteiger charge is 2.15. The number of carbonyl (C=O) groups excluding carboxylic acids is 1. The normalized spacial score (nSPS) is 13.8. The average Bonchev–Trinajstić information content (AvgIpc) is 3.28. The Kier molecular flexibility index (Phi) is 5.76. The number of fused-ring (bicyclic) bond motifs is 1. The van der Waals surface area contributed by atoms with Crippen molar-refractivity contribution in [2.45, 2.75) is 43.8 Å². The van der Waals surface area contributed by atoms with Crippen LogP contribution in [0.1, 0.15) is 41.3 Å². The summed E-state index contributed by atoms with van der Waals surface area (Å²) in [5.41, 5.74) is 1.64. The quantitative estimate of drug-likeness (QED) is 0.648. The van der Waals surface area contributed by atoms with Crippen molar-refractivity contribution >= 4 is 17.7 Å². The number of benzene rings is 1. The maximum absolute atomic E-state index is 12.5. The molecule has 1 aromatic carbocycles. The van der Waals surface area contributed by atoms with Gasteiger partial charge in [0.2, 0.25) is 0 Å². The van der Waals surface area contributed by atoms with E-state index in [1.165, 1.54) is 19.3 Å². The highest BCUT2D eigenvalue weighted by atomic mass is 32.2. The number of aryl methyl sites for hydroxylation is 1. The smallest absolute Gasteiger partial charge is 0.251 e. The Balaban J connectivity index is 1.35. The summed E-state index contributed by atoms with van der Waals surface area (Å²) in [5, 5.41) is 12.5. The Hall–Kier alpha value is -2.61. The summed E-state index contributed by atoms with van der Waals surface area (Å²) in [6, 6.07) is 7.57. The molecule has 0 unspecified atom stereocenters. The van der Waals surface area contributed by atoms with Gasteiger partial charge in [0, 0.05) is 49.6 Å². The van der Waals surface area contributed by atoms with Gasteiger partial charge in [-0.1, -0.05) is 18.2 Å². The molecule has 8 heteroatoms. The van der Waals surface area contributed by atoms with Gasteiger partial charge in [-0.25, -0.2) is 4.98 Å². The number of thioether (sulfide) groups is 1. The SMILES string of the molecule is CSc1nccn1-c1ccc(C(=O)NCCc2nnc3n2CCCCC3)cc1. The van der Waals surface area contributed by atoms with Crippen LogP contribution in [-0.2, 0) is 19.4 Å². The molecule has 0 aliphatic carbocycles. The summed E-state index contributed by atoms with van der Waals surface area (Å²) in [4.78, 5) is 16.8. The molecule has 1 aliphatic heterocycles. The molecule has 1 N–H and O–H groups in total. The number of nitrogens with one attached hydrogen (secondary N) is 1. The minimum atomic E-state index is -0.0714. The molecule has 146 valence electrons. The third-order valence-corrected chi connectivity index (χ3v) is 5.68. The summed E-state index contributed by atoms with van der Waals surface area (Å²) in [7, 11) is 0. The zero-order chi connectivity index (χ0) is 19.3. The van der Waals surface area contributed by atoms with E-state index in [0.29, 0.717) is 18.5 Å². The zero-order valence-electron chi connectivity index (χ0n) is 16.0. The summed E-state index contributed by atoms with van der Waals surface area (Å²) < 4.78 is 4.23. The summed E-state index contributed by atoms with van der Waals surface area (Å²) in [6.45, 7) is 1.54. The van der Waals surface area contributed by atoms with Crippen molar-refractivity contribution in [3.05, 3.63) is 53.9 Å². The van der Waals surface area contributed by atoms with Crippen LogP contribution in [-0.4, -0.2) is 43.0 Å². The molecule has 3 aromatic rings. The van der Waals surface area contributed by atoms with Crippen molar-refractivity contribution < 1.29 is 4.79 Å². The maximum Gasteiger partial charge on any atom is 0.251 e. The van der Waals surface area contributed by atoms with Crippen LogP contribution in [0.15, 0.2) is 41.8 Å². The van der Waals surface area contributed by atoms with Gasteiger partial charge in [-0.2, -0.15) is 0 Å². The molecule has 28 heavy (non-hydrogen) atoms. The molecule has 0 atom stereocenters. The lowest BCUT2D eigenvalue weighted by Crippen LogP contribution is -2.26. The number of imidazole rings is 1. The fraction of sp³-hybridized carbons (Fsp3) is 0.400. The van der Waals surface area contributed by atoms with Gasteiger partial charge in [-0.3, -0.25) is 9.36 Å². The molecule has 4 rings (SSSR count). The summed E-state index contributed by atoms with van der Waals surface area (Å²) >= 11 is 1.59. The maximum atomic E-state index is 12.5. The van der Waals surface area contributed by atoms with E-state index in [1.807, 2.05) is 41.3 Å². The molecule has 0 radical (unpaired) electrons. The number of nitrogens with zero attached hydrogens (tertiary/aromatic N) is 5. The predicted octanol–water partition coefficient (Wildman–Crippen LogP) is 2.88. The lowest BCUT2D eigenvalue weighted by Gasteiger charge is -2.09. The van der Waals surface area contributed by atoms with E-state index in [1.54, 1.807) is 18.0 Å².